The van der Waals surface area contributed by atoms with Gasteiger partial charge in [0.2, 0.25) is 0 Å². The van der Waals surface area contributed by atoms with E-state index in [1.807, 2.05) is 20.2 Å². The van der Waals surface area contributed by atoms with Gasteiger partial charge in [-0.3, -0.25) is 9.48 Å². The first-order chi connectivity index (χ1) is 13.8. The Morgan fingerprint density at radius 2 is 2.03 bits per heavy atom. The van der Waals surface area contributed by atoms with E-state index >= 15 is 0 Å². The lowest BCUT2D eigenvalue weighted by atomic mass is 10.1. The number of rotatable bonds is 7. The van der Waals surface area contributed by atoms with Crippen LogP contribution in [0.5, 0.6) is 0 Å². The number of amides is 1. The Morgan fingerprint density at radius 1 is 1.24 bits per heavy atom. The highest BCUT2D eigenvalue weighted by Crippen LogP contribution is 2.19. The summed E-state index contributed by atoms with van der Waals surface area (Å²) in [5.74, 6) is -0.0814. The largest absolute Gasteiger partial charge is 0.383 e. The summed E-state index contributed by atoms with van der Waals surface area (Å²) in [6, 6.07) is 9.55. The molecule has 0 saturated heterocycles. The van der Waals surface area contributed by atoms with Crippen LogP contribution in [0.2, 0.25) is 0 Å². The zero-order valence-electron chi connectivity index (χ0n) is 17.3. The van der Waals surface area contributed by atoms with Crippen molar-refractivity contribution in [2.24, 2.45) is 7.05 Å². The van der Waals surface area contributed by atoms with Gasteiger partial charge in [-0.25, -0.2) is 4.98 Å². The summed E-state index contributed by atoms with van der Waals surface area (Å²) in [4.78, 5) is 16.9. The maximum absolute atomic E-state index is 12.5. The number of aromatic nitrogens is 3. The Bertz CT molecular complexity index is 1010. The van der Waals surface area contributed by atoms with Crippen LogP contribution >= 0.6 is 0 Å². The van der Waals surface area contributed by atoms with Crippen molar-refractivity contribution in [3.8, 4) is 11.3 Å². The normalized spacial score (nSPS) is 12.0. The number of carbonyl (C=O) groups is 1. The van der Waals surface area contributed by atoms with Crippen LogP contribution in [0.1, 0.15) is 34.0 Å². The quantitative estimate of drug-likeness (QED) is 0.643. The Kier molecular flexibility index (Phi) is 6.29. The molecule has 0 fully saturated rings. The zero-order chi connectivity index (χ0) is 21.0. The third kappa shape index (κ3) is 5.20. The van der Waals surface area contributed by atoms with Crippen LogP contribution in [-0.4, -0.2) is 33.3 Å². The maximum Gasteiger partial charge on any atom is 0.255 e. The molecule has 152 valence electrons. The van der Waals surface area contributed by atoms with Gasteiger partial charge in [-0.2, -0.15) is 5.10 Å². The molecule has 0 spiro atoms. The van der Waals surface area contributed by atoms with E-state index in [1.165, 1.54) is 11.1 Å². The van der Waals surface area contributed by atoms with Crippen molar-refractivity contribution in [2.45, 2.75) is 33.4 Å². The van der Waals surface area contributed by atoms with Gasteiger partial charge in [0, 0.05) is 24.8 Å². The Balaban J connectivity index is 1.54. The van der Waals surface area contributed by atoms with Crippen LogP contribution in [0.15, 0.2) is 42.7 Å². The van der Waals surface area contributed by atoms with Gasteiger partial charge in [0.1, 0.15) is 5.82 Å². The number of nitrogen functional groups attached to an aromatic ring is 1. The van der Waals surface area contributed by atoms with Crippen LogP contribution in [0.25, 0.3) is 11.3 Å². The smallest absolute Gasteiger partial charge is 0.255 e. The van der Waals surface area contributed by atoms with E-state index in [9.17, 15) is 4.79 Å². The van der Waals surface area contributed by atoms with Crippen LogP contribution in [-0.2, 0) is 18.4 Å². The Hall–Kier alpha value is -3.19. The SMILES string of the molecule is Cc1ccc(COCC(C)NC(=O)c2ccc(-c3cnn(C)c3)nc2N)cc1C. The molecule has 1 aromatic carbocycles. The van der Waals surface area contributed by atoms with Gasteiger partial charge in [0.15, 0.2) is 0 Å². The fourth-order valence-corrected chi connectivity index (χ4v) is 2.97. The second-order valence-corrected chi connectivity index (χ2v) is 7.34. The second kappa shape index (κ2) is 8.87. The van der Waals surface area contributed by atoms with E-state index in [0.717, 1.165) is 11.1 Å². The van der Waals surface area contributed by atoms with E-state index in [0.29, 0.717) is 24.5 Å². The predicted molar refractivity (Wildman–Crippen MR) is 113 cm³/mol. The minimum absolute atomic E-state index is 0.161. The minimum atomic E-state index is -0.269. The molecule has 2 aromatic heterocycles. The number of hydrogen-bond donors (Lipinski definition) is 2. The molecule has 0 radical (unpaired) electrons. The number of carbonyl (C=O) groups excluding carboxylic acids is 1. The van der Waals surface area contributed by atoms with Crippen LogP contribution < -0.4 is 11.1 Å². The number of anilines is 1. The van der Waals surface area contributed by atoms with Crippen LogP contribution in [0, 0.1) is 13.8 Å². The number of benzene rings is 1. The van der Waals surface area contributed by atoms with Gasteiger partial charge < -0.3 is 15.8 Å². The molecule has 7 nitrogen and oxygen atoms in total. The standard InChI is InChI=1S/C22H27N5O2/c1-14-5-6-17(9-15(14)2)13-29-12-16(3)25-22(28)19-7-8-20(26-21(19)23)18-10-24-27(4)11-18/h5-11,16H,12-13H2,1-4H3,(H2,23,26)(H,25,28). The van der Waals surface area contributed by atoms with Crippen molar-refractivity contribution < 1.29 is 9.53 Å². The summed E-state index contributed by atoms with van der Waals surface area (Å²) in [5.41, 5.74) is 11.5. The van der Waals surface area contributed by atoms with Crippen LogP contribution in [0.3, 0.4) is 0 Å². The molecule has 2 heterocycles. The molecule has 0 aliphatic heterocycles. The van der Waals surface area contributed by atoms with E-state index < -0.39 is 0 Å². The van der Waals surface area contributed by atoms with Gasteiger partial charge in [0.25, 0.3) is 5.91 Å². The molecule has 3 N–H and O–H groups in total. The molecule has 0 bridgehead atoms. The Morgan fingerprint density at radius 3 is 2.69 bits per heavy atom. The first-order valence-electron chi connectivity index (χ1n) is 9.53. The van der Waals surface area contributed by atoms with E-state index in [2.05, 4.69) is 47.4 Å². The monoisotopic (exact) mass is 393 g/mol. The summed E-state index contributed by atoms with van der Waals surface area (Å²) < 4.78 is 7.44. The molecular weight excluding hydrogens is 366 g/mol. The van der Waals surface area contributed by atoms with E-state index in [-0.39, 0.29) is 17.8 Å². The van der Waals surface area contributed by atoms with Crippen LogP contribution in [0.4, 0.5) is 5.82 Å². The van der Waals surface area contributed by atoms with Crippen molar-refractivity contribution in [1.29, 1.82) is 0 Å². The minimum Gasteiger partial charge on any atom is -0.383 e. The van der Waals surface area contributed by atoms with Crippen molar-refractivity contribution >= 4 is 11.7 Å². The molecule has 1 unspecified atom stereocenters. The summed E-state index contributed by atoms with van der Waals surface area (Å²) in [5, 5.41) is 7.03. The fraction of sp³-hybridized carbons (Fsp3) is 0.318. The predicted octanol–water partition coefficient (Wildman–Crippen LogP) is 3.02. The number of nitrogens with one attached hydrogen (secondary N) is 1. The molecular formula is C22H27N5O2. The molecule has 3 aromatic rings. The number of aryl methyl sites for hydroxylation is 3. The van der Waals surface area contributed by atoms with Gasteiger partial charge in [-0.15, -0.1) is 0 Å². The van der Waals surface area contributed by atoms with E-state index in [1.54, 1.807) is 23.0 Å². The average Bonchev–Trinajstić information content (AvgIpc) is 3.11. The molecule has 0 saturated carbocycles. The summed E-state index contributed by atoms with van der Waals surface area (Å²) in [6.07, 6.45) is 3.55. The van der Waals surface area contributed by atoms with Gasteiger partial charge in [-0.1, -0.05) is 18.2 Å². The topological polar surface area (TPSA) is 95.1 Å². The number of nitrogens with zero attached hydrogens (tertiary/aromatic N) is 3. The molecule has 1 amide bonds. The molecule has 0 aliphatic carbocycles. The highest BCUT2D eigenvalue weighted by Gasteiger charge is 2.15. The lowest BCUT2D eigenvalue weighted by molar-refractivity contribution is 0.0821. The average molecular weight is 393 g/mol. The number of ether oxygens (including phenoxy) is 1. The summed E-state index contributed by atoms with van der Waals surface area (Å²) >= 11 is 0. The lowest BCUT2D eigenvalue weighted by Gasteiger charge is -2.15. The third-order valence-corrected chi connectivity index (χ3v) is 4.76. The van der Waals surface area contributed by atoms with Crippen molar-refractivity contribution in [3.63, 3.8) is 0 Å². The Labute approximate surface area is 170 Å². The second-order valence-electron chi connectivity index (χ2n) is 7.34. The molecule has 3 rings (SSSR count). The van der Waals surface area contributed by atoms with Crippen molar-refractivity contribution in [1.82, 2.24) is 20.1 Å². The zero-order valence-corrected chi connectivity index (χ0v) is 17.3. The first-order valence-corrected chi connectivity index (χ1v) is 9.53. The van der Waals surface area contributed by atoms with Gasteiger partial charge in [-0.05, 0) is 49.6 Å². The lowest BCUT2D eigenvalue weighted by Crippen LogP contribution is -2.36. The maximum atomic E-state index is 12.5. The van der Waals surface area contributed by atoms with E-state index in [4.69, 9.17) is 10.5 Å². The molecule has 1 atom stereocenters. The first kappa shape index (κ1) is 20.5. The molecule has 0 aliphatic rings. The summed E-state index contributed by atoms with van der Waals surface area (Å²) in [6.45, 7) is 6.97. The van der Waals surface area contributed by atoms with Gasteiger partial charge in [0.05, 0.1) is 30.7 Å². The number of hydrogen-bond acceptors (Lipinski definition) is 5. The van der Waals surface area contributed by atoms with Gasteiger partial charge >= 0.3 is 0 Å². The summed E-state index contributed by atoms with van der Waals surface area (Å²) in [7, 11) is 1.83. The highest BCUT2D eigenvalue weighted by atomic mass is 16.5. The van der Waals surface area contributed by atoms with Crippen molar-refractivity contribution in [2.75, 3.05) is 12.3 Å². The fourth-order valence-electron chi connectivity index (χ4n) is 2.97. The number of pyridine rings is 1. The number of nitrogens with two attached hydrogens (primary N) is 1. The molecule has 29 heavy (non-hydrogen) atoms. The third-order valence-electron chi connectivity index (χ3n) is 4.76. The highest BCUT2D eigenvalue weighted by molar-refractivity contribution is 5.98. The van der Waals surface area contributed by atoms with Crippen molar-refractivity contribution in [3.05, 3.63) is 65.0 Å². The molecule has 7 heteroatoms.